The molecule has 2 aliphatic carbocycles. The maximum Gasteiger partial charge on any atom is 0.334 e. The van der Waals surface area contributed by atoms with E-state index in [2.05, 4.69) is 6.58 Å². The van der Waals surface area contributed by atoms with Gasteiger partial charge in [-0.25, -0.2) is 9.59 Å². The van der Waals surface area contributed by atoms with Gasteiger partial charge in [0.05, 0.1) is 12.0 Å². The fourth-order valence-electron chi connectivity index (χ4n) is 4.55. The lowest BCUT2D eigenvalue weighted by atomic mass is 9.85. The highest BCUT2D eigenvalue weighted by Gasteiger charge is 2.86. The van der Waals surface area contributed by atoms with Crippen LogP contribution >= 0.6 is 0 Å². The number of epoxide rings is 1. The molecule has 6 nitrogen and oxygen atoms in total. The Morgan fingerprint density at radius 1 is 1.37 bits per heavy atom. The van der Waals surface area contributed by atoms with E-state index in [0.29, 0.717) is 17.6 Å². The summed E-state index contributed by atoms with van der Waals surface area (Å²) in [5.74, 6) is -1.25. The fourth-order valence-corrected chi connectivity index (χ4v) is 4.55. The van der Waals surface area contributed by atoms with Crippen molar-refractivity contribution in [3.8, 4) is 0 Å². The van der Waals surface area contributed by atoms with Crippen molar-refractivity contribution in [2.75, 3.05) is 7.11 Å². The molecule has 4 unspecified atom stereocenters. The minimum Gasteiger partial charge on any atom is -0.458 e. The summed E-state index contributed by atoms with van der Waals surface area (Å²) in [4.78, 5) is 24.7. The minimum absolute atomic E-state index is 0.0908. The number of carbonyl (C=O) groups is 2. The van der Waals surface area contributed by atoms with Crippen LogP contribution in [0.25, 0.3) is 0 Å². The van der Waals surface area contributed by atoms with Crippen LogP contribution in [0.15, 0.2) is 35.5 Å². The molecule has 27 heavy (non-hydrogen) atoms. The SMILES string of the molecule is C=C1C(=O)O[C@@H]2/C=C(\C)C(OC)CC34C[C@@]3(CC(OC(=O)/C(C)=C/C)C12)O4. The Morgan fingerprint density at radius 3 is 2.67 bits per heavy atom. The van der Waals surface area contributed by atoms with Gasteiger partial charge in [0.25, 0.3) is 0 Å². The number of allylic oxidation sites excluding steroid dienone is 1. The quantitative estimate of drug-likeness (QED) is 0.327. The van der Waals surface area contributed by atoms with Gasteiger partial charge < -0.3 is 18.9 Å². The first kappa shape index (κ1) is 18.4. The van der Waals surface area contributed by atoms with Gasteiger partial charge >= 0.3 is 11.9 Å². The molecule has 4 aliphatic rings. The number of hydrogen-bond donors (Lipinski definition) is 0. The van der Waals surface area contributed by atoms with Crippen LogP contribution in [-0.4, -0.2) is 48.6 Å². The van der Waals surface area contributed by atoms with Crippen molar-refractivity contribution in [2.24, 2.45) is 5.92 Å². The summed E-state index contributed by atoms with van der Waals surface area (Å²) in [6.45, 7) is 9.40. The third kappa shape index (κ3) is 2.77. The highest BCUT2D eigenvalue weighted by Crippen LogP contribution is 2.76. The highest BCUT2D eigenvalue weighted by atomic mass is 16.7. The molecule has 6 heteroatoms. The van der Waals surface area contributed by atoms with E-state index in [4.69, 9.17) is 18.9 Å². The Balaban J connectivity index is 1.70. The number of rotatable bonds is 3. The van der Waals surface area contributed by atoms with Crippen LogP contribution in [0.3, 0.4) is 0 Å². The zero-order valence-electron chi connectivity index (χ0n) is 16.2. The lowest BCUT2D eigenvalue weighted by molar-refractivity contribution is -0.148. The highest BCUT2D eigenvalue weighted by molar-refractivity contribution is 5.92. The van der Waals surface area contributed by atoms with Crippen molar-refractivity contribution in [3.63, 3.8) is 0 Å². The van der Waals surface area contributed by atoms with E-state index in [-0.39, 0.29) is 23.3 Å². The van der Waals surface area contributed by atoms with E-state index in [1.165, 1.54) is 0 Å². The third-order valence-electron chi connectivity index (χ3n) is 6.57. The second-order valence-corrected chi connectivity index (χ2v) is 8.15. The molecule has 2 saturated heterocycles. The molecule has 1 saturated carbocycles. The molecule has 2 aliphatic heterocycles. The van der Waals surface area contributed by atoms with E-state index in [1.54, 1.807) is 27.0 Å². The summed E-state index contributed by atoms with van der Waals surface area (Å²) < 4.78 is 23.1. The van der Waals surface area contributed by atoms with Crippen LogP contribution in [0.1, 0.15) is 40.0 Å². The smallest absolute Gasteiger partial charge is 0.334 e. The molecule has 0 amide bonds. The van der Waals surface area contributed by atoms with E-state index in [9.17, 15) is 9.59 Å². The van der Waals surface area contributed by atoms with E-state index >= 15 is 0 Å². The molecule has 2 heterocycles. The second kappa shape index (κ2) is 6.04. The predicted octanol–water partition coefficient (Wildman–Crippen LogP) is 2.63. The standard InChI is InChI=1S/C21H26O6/c1-6-11(2)18(22)26-16-9-21-10-20(21,27-21)8-15(24-5)12(3)7-14-17(16)13(4)19(23)25-14/h6-7,14-17H,4,8-10H2,1-3,5H3/b11-6+,12-7+/t14-,15?,16?,17?,20?,21-/m1/s1. The Hall–Kier alpha value is -1.92. The third-order valence-corrected chi connectivity index (χ3v) is 6.57. The van der Waals surface area contributed by atoms with Crippen LogP contribution in [0.5, 0.6) is 0 Å². The van der Waals surface area contributed by atoms with Crippen molar-refractivity contribution >= 4 is 11.9 Å². The van der Waals surface area contributed by atoms with E-state index < -0.39 is 24.1 Å². The van der Waals surface area contributed by atoms with Crippen molar-refractivity contribution in [1.82, 2.24) is 0 Å². The molecule has 3 fully saturated rings. The summed E-state index contributed by atoms with van der Waals surface area (Å²) in [6, 6.07) is 0. The van der Waals surface area contributed by atoms with Crippen molar-refractivity contribution in [1.29, 1.82) is 0 Å². The Kier molecular flexibility index (Phi) is 4.13. The molecule has 6 atom stereocenters. The lowest BCUT2D eigenvalue weighted by Crippen LogP contribution is -2.36. The molecule has 0 spiro atoms. The summed E-state index contributed by atoms with van der Waals surface area (Å²) >= 11 is 0. The van der Waals surface area contributed by atoms with E-state index in [1.807, 2.05) is 13.0 Å². The van der Waals surface area contributed by atoms with Gasteiger partial charge in [-0.2, -0.15) is 0 Å². The van der Waals surface area contributed by atoms with Crippen LogP contribution in [-0.2, 0) is 28.5 Å². The molecule has 146 valence electrons. The molecule has 0 radical (unpaired) electrons. The molecule has 0 aromatic rings. The Bertz CT molecular complexity index is 770. The molecule has 0 N–H and O–H groups in total. The second-order valence-electron chi connectivity index (χ2n) is 8.15. The van der Waals surface area contributed by atoms with Crippen LogP contribution in [0.2, 0.25) is 0 Å². The first-order valence-corrected chi connectivity index (χ1v) is 9.41. The monoisotopic (exact) mass is 374 g/mol. The fraction of sp³-hybridized carbons (Fsp3) is 0.619. The number of fused-ring (bicyclic) bond motifs is 1. The van der Waals surface area contributed by atoms with Crippen molar-refractivity contribution in [2.45, 2.75) is 69.5 Å². The first-order chi connectivity index (χ1) is 12.8. The molecule has 4 rings (SSSR count). The topological polar surface area (TPSA) is 74.4 Å². The van der Waals surface area contributed by atoms with Crippen LogP contribution in [0, 0.1) is 5.92 Å². The average molecular weight is 374 g/mol. The van der Waals surface area contributed by atoms with Gasteiger partial charge in [0.15, 0.2) is 0 Å². The maximum atomic E-state index is 12.4. The minimum atomic E-state index is -0.524. The average Bonchev–Trinajstić information content (AvgIpc) is 3.38. The lowest BCUT2D eigenvalue weighted by Gasteiger charge is -2.27. The van der Waals surface area contributed by atoms with Gasteiger partial charge in [-0.15, -0.1) is 0 Å². The molecular formula is C21H26O6. The van der Waals surface area contributed by atoms with Gasteiger partial charge in [0, 0.05) is 37.5 Å². The largest absolute Gasteiger partial charge is 0.458 e. The molecule has 0 aromatic heterocycles. The normalized spacial score (nSPS) is 44.9. The zero-order valence-corrected chi connectivity index (χ0v) is 16.2. The molecule has 0 aromatic carbocycles. The van der Waals surface area contributed by atoms with Gasteiger partial charge in [-0.1, -0.05) is 12.7 Å². The van der Waals surface area contributed by atoms with Crippen LogP contribution in [0.4, 0.5) is 0 Å². The van der Waals surface area contributed by atoms with Gasteiger partial charge in [-0.05, 0) is 32.4 Å². The van der Waals surface area contributed by atoms with Crippen molar-refractivity contribution < 1.29 is 28.5 Å². The summed E-state index contributed by atoms with van der Waals surface area (Å²) in [6.07, 6.45) is 4.70. The maximum absolute atomic E-state index is 12.4. The molecular weight excluding hydrogens is 348 g/mol. The van der Waals surface area contributed by atoms with E-state index in [0.717, 1.165) is 18.4 Å². The summed E-state index contributed by atoms with van der Waals surface area (Å²) in [5.41, 5.74) is 1.38. The zero-order chi connectivity index (χ0) is 19.6. The Morgan fingerprint density at radius 2 is 2.04 bits per heavy atom. The number of ether oxygens (including phenoxy) is 4. The Labute approximate surface area is 159 Å². The van der Waals surface area contributed by atoms with Crippen LogP contribution < -0.4 is 0 Å². The summed E-state index contributed by atoms with van der Waals surface area (Å²) in [5, 5.41) is 0. The summed E-state index contributed by atoms with van der Waals surface area (Å²) in [7, 11) is 1.68. The van der Waals surface area contributed by atoms with Crippen molar-refractivity contribution in [3.05, 3.63) is 35.5 Å². The molecule has 0 bridgehead atoms. The number of hydrogen-bond acceptors (Lipinski definition) is 6. The van der Waals surface area contributed by atoms with Gasteiger partial charge in [0.1, 0.15) is 23.4 Å². The number of esters is 2. The predicted molar refractivity (Wildman–Crippen MR) is 96.8 cm³/mol. The van der Waals surface area contributed by atoms with Gasteiger partial charge in [-0.3, -0.25) is 0 Å². The number of carbonyl (C=O) groups excluding carboxylic acids is 2. The first-order valence-electron chi connectivity index (χ1n) is 9.41. The number of methoxy groups -OCH3 is 1. The van der Waals surface area contributed by atoms with Gasteiger partial charge in [0.2, 0.25) is 0 Å².